The summed E-state index contributed by atoms with van der Waals surface area (Å²) >= 11 is 0. The first-order valence-corrected chi connectivity index (χ1v) is 7.05. The van der Waals surface area contributed by atoms with Crippen LogP contribution in [0.15, 0.2) is 22.8 Å². The molecular weight excluding hydrogens is 258 g/mol. The van der Waals surface area contributed by atoms with E-state index in [2.05, 4.69) is 15.1 Å². The van der Waals surface area contributed by atoms with Gasteiger partial charge in [0, 0.05) is 32.7 Å². The number of amides is 1. The molecule has 0 aliphatic carbocycles. The van der Waals surface area contributed by atoms with Crippen molar-refractivity contribution in [2.24, 2.45) is 0 Å². The molecule has 6 nitrogen and oxygen atoms in total. The van der Waals surface area contributed by atoms with Crippen LogP contribution in [0.3, 0.4) is 0 Å². The molecule has 2 heterocycles. The second-order valence-electron chi connectivity index (χ2n) is 5.28. The topological polar surface area (TPSA) is 69.0 Å². The quantitative estimate of drug-likeness (QED) is 0.762. The second kappa shape index (κ2) is 7.42. The summed E-state index contributed by atoms with van der Waals surface area (Å²) in [6.45, 7) is 6.89. The third kappa shape index (κ3) is 4.96. The normalized spacial score (nSPS) is 18.9. The average Bonchev–Trinajstić information content (AvgIpc) is 2.91. The molecule has 0 aromatic carbocycles. The molecule has 1 unspecified atom stereocenters. The number of piperazine rings is 1. The van der Waals surface area contributed by atoms with Gasteiger partial charge < -0.3 is 14.8 Å². The molecule has 20 heavy (non-hydrogen) atoms. The van der Waals surface area contributed by atoms with E-state index in [-0.39, 0.29) is 12.0 Å². The van der Waals surface area contributed by atoms with Crippen molar-refractivity contribution in [1.82, 2.24) is 15.1 Å². The molecule has 1 fully saturated rings. The van der Waals surface area contributed by atoms with Crippen LogP contribution in [0.25, 0.3) is 0 Å². The minimum Gasteiger partial charge on any atom is -0.467 e. The van der Waals surface area contributed by atoms with E-state index >= 15 is 0 Å². The highest BCUT2D eigenvalue weighted by Crippen LogP contribution is 2.03. The lowest BCUT2D eigenvalue weighted by Crippen LogP contribution is -2.50. The molecule has 1 aliphatic heterocycles. The van der Waals surface area contributed by atoms with E-state index in [1.165, 1.54) is 0 Å². The Morgan fingerprint density at radius 3 is 2.70 bits per heavy atom. The SMILES string of the molecule is CC(O)CN1CCN(CC(=O)NCc2ccco2)CC1. The average molecular weight is 281 g/mol. The molecule has 0 radical (unpaired) electrons. The molecule has 0 saturated carbocycles. The first-order valence-electron chi connectivity index (χ1n) is 7.05. The van der Waals surface area contributed by atoms with Gasteiger partial charge in [0.15, 0.2) is 0 Å². The Balaban J connectivity index is 1.63. The Kier molecular flexibility index (Phi) is 5.58. The van der Waals surface area contributed by atoms with E-state index in [0.717, 1.165) is 31.9 Å². The van der Waals surface area contributed by atoms with Gasteiger partial charge in [-0.1, -0.05) is 0 Å². The van der Waals surface area contributed by atoms with Gasteiger partial charge in [-0.15, -0.1) is 0 Å². The summed E-state index contributed by atoms with van der Waals surface area (Å²) in [5, 5.41) is 12.2. The number of nitrogens with zero attached hydrogens (tertiary/aromatic N) is 2. The molecule has 1 atom stereocenters. The van der Waals surface area contributed by atoms with Crippen LogP contribution in [0.2, 0.25) is 0 Å². The van der Waals surface area contributed by atoms with Crippen LogP contribution < -0.4 is 5.32 Å². The van der Waals surface area contributed by atoms with Gasteiger partial charge in [-0.3, -0.25) is 14.6 Å². The lowest BCUT2D eigenvalue weighted by atomic mass is 10.2. The van der Waals surface area contributed by atoms with Crippen LogP contribution in [0.5, 0.6) is 0 Å². The maximum Gasteiger partial charge on any atom is 0.234 e. The van der Waals surface area contributed by atoms with Crippen LogP contribution in [-0.2, 0) is 11.3 Å². The number of aliphatic hydroxyl groups is 1. The number of aliphatic hydroxyl groups excluding tert-OH is 1. The second-order valence-corrected chi connectivity index (χ2v) is 5.28. The molecule has 1 aromatic rings. The fourth-order valence-electron chi connectivity index (χ4n) is 2.36. The number of carbonyl (C=O) groups is 1. The zero-order chi connectivity index (χ0) is 14.4. The highest BCUT2D eigenvalue weighted by molar-refractivity contribution is 5.77. The van der Waals surface area contributed by atoms with Crippen LogP contribution in [-0.4, -0.2) is 66.2 Å². The zero-order valence-corrected chi connectivity index (χ0v) is 11.9. The predicted octanol–water partition coefficient (Wildman–Crippen LogP) is -0.106. The van der Waals surface area contributed by atoms with Crippen LogP contribution >= 0.6 is 0 Å². The van der Waals surface area contributed by atoms with Gasteiger partial charge >= 0.3 is 0 Å². The third-order valence-electron chi connectivity index (χ3n) is 3.39. The molecule has 2 N–H and O–H groups in total. The lowest BCUT2D eigenvalue weighted by Gasteiger charge is -2.34. The van der Waals surface area contributed by atoms with E-state index in [0.29, 0.717) is 19.6 Å². The Bertz CT molecular complexity index is 398. The van der Waals surface area contributed by atoms with E-state index in [1.54, 1.807) is 13.2 Å². The molecule has 6 heteroatoms. The van der Waals surface area contributed by atoms with Crippen LogP contribution in [0, 0.1) is 0 Å². The highest BCUT2D eigenvalue weighted by atomic mass is 16.3. The summed E-state index contributed by atoms with van der Waals surface area (Å²) in [4.78, 5) is 16.2. The number of hydrogen-bond acceptors (Lipinski definition) is 5. The summed E-state index contributed by atoms with van der Waals surface area (Å²) in [7, 11) is 0. The fraction of sp³-hybridized carbons (Fsp3) is 0.643. The summed E-state index contributed by atoms with van der Waals surface area (Å²) in [6, 6.07) is 3.65. The Labute approximate surface area is 119 Å². The summed E-state index contributed by atoms with van der Waals surface area (Å²) in [6.07, 6.45) is 1.31. The molecule has 1 amide bonds. The van der Waals surface area contributed by atoms with Gasteiger partial charge in [0.05, 0.1) is 25.5 Å². The van der Waals surface area contributed by atoms with Crippen molar-refractivity contribution in [2.45, 2.75) is 19.6 Å². The Hall–Kier alpha value is -1.37. The number of carbonyl (C=O) groups excluding carboxylic acids is 1. The number of nitrogens with one attached hydrogen (secondary N) is 1. The van der Waals surface area contributed by atoms with E-state index in [9.17, 15) is 9.90 Å². The van der Waals surface area contributed by atoms with Gasteiger partial charge in [-0.25, -0.2) is 0 Å². The van der Waals surface area contributed by atoms with Gasteiger partial charge in [0.2, 0.25) is 5.91 Å². The number of furan rings is 1. The summed E-state index contributed by atoms with van der Waals surface area (Å²) < 4.78 is 5.17. The van der Waals surface area contributed by atoms with E-state index < -0.39 is 0 Å². The lowest BCUT2D eigenvalue weighted by molar-refractivity contribution is -0.123. The molecular formula is C14H23N3O3. The summed E-state index contributed by atoms with van der Waals surface area (Å²) in [5.41, 5.74) is 0. The van der Waals surface area contributed by atoms with Gasteiger partial charge in [-0.2, -0.15) is 0 Å². The predicted molar refractivity (Wildman–Crippen MR) is 75.1 cm³/mol. The Morgan fingerprint density at radius 1 is 1.40 bits per heavy atom. The number of hydrogen-bond donors (Lipinski definition) is 2. The van der Waals surface area contributed by atoms with E-state index in [1.807, 2.05) is 12.1 Å². The first-order chi connectivity index (χ1) is 9.63. The monoisotopic (exact) mass is 281 g/mol. The van der Waals surface area contributed by atoms with Crippen molar-refractivity contribution in [3.63, 3.8) is 0 Å². The largest absolute Gasteiger partial charge is 0.467 e. The third-order valence-corrected chi connectivity index (χ3v) is 3.39. The van der Waals surface area contributed by atoms with Crippen molar-refractivity contribution in [1.29, 1.82) is 0 Å². The van der Waals surface area contributed by atoms with Gasteiger partial charge in [0.1, 0.15) is 5.76 Å². The van der Waals surface area contributed by atoms with Crippen LogP contribution in [0.4, 0.5) is 0 Å². The minimum atomic E-state index is -0.293. The minimum absolute atomic E-state index is 0.0189. The van der Waals surface area contributed by atoms with Crippen molar-refractivity contribution >= 4 is 5.91 Å². The fourth-order valence-corrected chi connectivity index (χ4v) is 2.36. The molecule has 1 aromatic heterocycles. The molecule has 112 valence electrons. The standard InChI is InChI=1S/C14H23N3O3/c1-12(18)10-16-4-6-17(7-5-16)11-14(19)15-9-13-3-2-8-20-13/h2-3,8,12,18H,4-7,9-11H2,1H3,(H,15,19). The number of rotatable bonds is 6. The first kappa shape index (κ1) is 15.0. The maximum atomic E-state index is 11.8. The van der Waals surface area contributed by atoms with Crippen molar-refractivity contribution < 1.29 is 14.3 Å². The van der Waals surface area contributed by atoms with Gasteiger partial charge in [0.25, 0.3) is 0 Å². The molecule has 0 spiro atoms. The highest BCUT2D eigenvalue weighted by Gasteiger charge is 2.19. The molecule has 2 rings (SSSR count). The maximum absolute atomic E-state index is 11.8. The molecule has 1 aliphatic rings. The molecule has 0 bridgehead atoms. The Morgan fingerprint density at radius 2 is 2.10 bits per heavy atom. The number of β-amino-alcohol motifs (C(OH)–C–C–N with tert-alkyl or cyclic N) is 1. The van der Waals surface area contributed by atoms with E-state index in [4.69, 9.17) is 4.42 Å². The van der Waals surface area contributed by atoms with Crippen LogP contribution in [0.1, 0.15) is 12.7 Å². The zero-order valence-electron chi connectivity index (χ0n) is 11.9. The smallest absolute Gasteiger partial charge is 0.234 e. The molecule has 1 saturated heterocycles. The van der Waals surface area contributed by atoms with Crippen molar-refractivity contribution in [2.75, 3.05) is 39.3 Å². The van der Waals surface area contributed by atoms with Crippen molar-refractivity contribution in [3.8, 4) is 0 Å². The van der Waals surface area contributed by atoms with Crippen molar-refractivity contribution in [3.05, 3.63) is 24.2 Å². The summed E-state index contributed by atoms with van der Waals surface area (Å²) in [5.74, 6) is 0.783. The van der Waals surface area contributed by atoms with Gasteiger partial charge in [-0.05, 0) is 19.1 Å².